The average Bonchev–Trinajstić information content (AvgIpc) is 2.48. The minimum atomic E-state index is 0.0758. The number of rotatable bonds is 2. The van der Waals surface area contributed by atoms with E-state index in [1.807, 2.05) is 18.2 Å². The van der Waals surface area contributed by atoms with Crippen LogP contribution in [0.4, 0.5) is 0 Å². The molecule has 21 heavy (non-hydrogen) atoms. The Labute approximate surface area is 126 Å². The first kappa shape index (κ1) is 14.0. The second-order valence-corrected chi connectivity index (χ2v) is 6.31. The molecule has 1 aliphatic rings. The van der Waals surface area contributed by atoms with Gasteiger partial charge in [0, 0.05) is 0 Å². The fourth-order valence-electron chi connectivity index (χ4n) is 3.92. The van der Waals surface area contributed by atoms with Gasteiger partial charge in [0.25, 0.3) is 0 Å². The molecular formula is C19H22O2. The first-order chi connectivity index (χ1) is 10.0. The van der Waals surface area contributed by atoms with Crippen LogP contribution < -0.4 is 0 Å². The van der Waals surface area contributed by atoms with Crippen LogP contribution in [0.2, 0.25) is 0 Å². The van der Waals surface area contributed by atoms with E-state index >= 15 is 0 Å². The van der Waals surface area contributed by atoms with Crippen molar-refractivity contribution in [2.24, 2.45) is 0 Å². The van der Waals surface area contributed by atoms with E-state index in [1.54, 1.807) is 18.2 Å². The van der Waals surface area contributed by atoms with Crippen molar-refractivity contribution in [1.82, 2.24) is 0 Å². The van der Waals surface area contributed by atoms with Crippen molar-refractivity contribution in [2.45, 2.75) is 44.4 Å². The number of aromatic hydroxyl groups is 2. The molecule has 110 valence electrons. The van der Waals surface area contributed by atoms with Crippen LogP contribution in [0.5, 0.6) is 11.5 Å². The Kier molecular flexibility index (Phi) is 3.40. The summed E-state index contributed by atoms with van der Waals surface area (Å²) >= 11 is 0. The van der Waals surface area contributed by atoms with Crippen molar-refractivity contribution < 1.29 is 10.2 Å². The highest BCUT2D eigenvalue weighted by Crippen LogP contribution is 2.49. The number of hydrogen-bond acceptors (Lipinski definition) is 2. The molecule has 3 rings (SSSR count). The summed E-state index contributed by atoms with van der Waals surface area (Å²) in [7, 11) is 0. The number of phenols is 2. The van der Waals surface area contributed by atoms with Crippen molar-refractivity contribution >= 4 is 0 Å². The maximum absolute atomic E-state index is 9.70. The summed E-state index contributed by atoms with van der Waals surface area (Å²) in [6, 6.07) is 13.4. The number of phenolic OH excluding ortho intramolecular Hbond substituents is 2. The first-order valence-electron chi connectivity index (χ1n) is 7.66. The van der Waals surface area contributed by atoms with Gasteiger partial charge in [0.05, 0.1) is 0 Å². The number of fused-ring (bicyclic) bond motifs is 1. The zero-order valence-electron chi connectivity index (χ0n) is 12.6. The average molecular weight is 282 g/mol. The van der Waals surface area contributed by atoms with E-state index in [1.165, 1.54) is 16.7 Å². The molecule has 2 atom stereocenters. The van der Waals surface area contributed by atoms with Crippen molar-refractivity contribution in [3.8, 4) is 11.5 Å². The van der Waals surface area contributed by atoms with Crippen LogP contribution >= 0.6 is 0 Å². The molecule has 2 aromatic carbocycles. The molecule has 2 N–H and O–H groups in total. The molecule has 0 spiro atoms. The van der Waals surface area contributed by atoms with Crippen molar-refractivity contribution in [1.29, 1.82) is 0 Å². The van der Waals surface area contributed by atoms with Gasteiger partial charge in [-0.15, -0.1) is 0 Å². The lowest BCUT2D eigenvalue weighted by Crippen LogP contribution is -2.35. The third-order valence-corrected chi connectivity index (χ3v) is 5.12. The SMILES string of the molecule is CCC1c2ccc(O)cc2CC[C@]1(C)c1ccc(O)cc1. The number of hydrogen-bond donors (Lipinski definition) is 2. The fraction of sp³-hybridized carbons (Fsp3) is 0.368. The molecule has 1 aliphatic carbocycles. The molecule has 0 saturated heterocycles. The van der Waals surface area contributed by atoms with Crippen LogP contribution in [0.1, 0.15) is 49.3 Å². The van der Waals surface area contributed by atoms with Gasteiger partial charge in [-0.2, -0.15) is 0 Å². The van der Waals surface area contributed by atoms with Gasteiger partial charge < -0.3 is 10.2 Å². The van der Waals surface area contributed by atoms with E-state index in [0.717, 1.165) is 19.3 Å². The van der Waals surface area contributed by atoms with Crippen LogP contribution in [0, 0.1) is 0 Å². The van der Waals surface area contributed by atoms with Crippen molar-refractivity contribution in [3.05, 3.63) is 59.2 Å². The second kappa shape index (κ2) is 5.10. The molecule has 0 bridgehead atoms. The van der Waals surface area contributed by atoms with Crippen LogP contribution in [0.15, 0.2) is 42.5 Å². The lowest BCUT2D eigenvalue weighted by molar-refractivity contribution is 0.318. The highest BCUT2D eigenvalue weighted by Gasteiger charge is 2.39. The number of benzene rings is 2. The van der Waals surface area contributed by atoms with Gasteiger partial charge in [-0.25, -0.2) is 0 Å². The van der Waals surface area contributed by atoms with Gasteiger partial charge in [-0.05, 0) is 71.6 Å². The molecule has 0 aromatic heterocycles. The van der Waals surface area contributed by atoms with E-state index in [0.29, 0.717) is 17.4 Å². The van der Waals surface area contributed by atoms with E-state index < -0.39 is 0 Å². The molecular weight excluding hydrogens is 260 g/mol. The largest absolute Gasteiger partial charge is 0.508 e. The molecule has 1 unspecified atom stereocenters. The molecule has 2 heteroatoms. The standard InChI is InChI=1S/C19H22O2/c1-3-18-17-9-8-16(21)12-13(17)10-11-19(18,2)14-4-6-15(20)7-5-14/h4-9,12,18,20-21H,3,10-11H2,1-2H3/t18?,19-/m1/s1. The smallest absolute Gasteiger partial charge is 0.115 e. The predicted octanol–water partition coefficient (Wildman–Crippen LogP) is 4.50. The third kappa shape index (κ3) is 2.29. The van der Waals surface area contributed by atoms with E-state index in [-0.39, 0.29) is 5.41 Å². The molecule has 0 heterocycles. The fourth-order valence-corrected chi connectivity index (χ4v) is 3.92. The Hall–Kier alpha value is -1.96. The summed E-state index contributed by atoms with van der Waals surface area (Å²) in [6.45, 7) is 4.55. The van der Waals surface area contributed by atoms with Crippen LogP contribution in [-0.2, 0) is 11.8 Å². The summed E-state index contributed by atoms with van der Waals surface area (Å²) in [5, 5.41) is 19.2. The van der Waals surface area contributed by atoms with Gasteiger partial charge in [-0.1, -0.05) is 32.0 Å². The Morgan fingerprint density at radius 3 is 2.38 bits per heavy atom. The van der Waals surface area contributed by atoms with Crippen LogP contribution in [0.3, 0.4) is 0 Å². The van der Waals surface area contributed by atoms with Crippen molar-refractivity contribution in [2.75, 3.05) is 0 Å². The highest BCUT2D eigenvalue weighted by atomic mass is 16.3. The molecule has 2 aromatic rings. The zero-order chi connectivity index (χ0) is 15.0. The third-order valence-electron chi connectivity index (χ3n) is 5.12. The summed E-state index contributed by atoms with van der Waals surface area (Å²) < 4.78 is 0. The molecule has 0 radical (unpaired) electrons. The van der Waals surface area contributed by atoms with E-state index in [2.05, 4.69) is 19.9 Å². The summed E-state index contributed by atoms with van der Waals surface area (Å²) in [5.74, 6) is 1.11. The number of aryl methyl sites for hydroxylation is 1. The van der Waals surface area contributed by atoms with Gasteiger partial charge in [0.15, 0.2) is 0 Å². The van der Waals surface area contributed by atoms with Crippen molar-refractivity contribution in [3.63, 3.8) is 0 Å². The van der Waals surface area contributed by atoms with Gasteiger partial charge >= 0.3 is 0 Å². The topological polar surface area (TPSA) is 40.5 Å². The van der Waals surface area contributed by atoms with Gasteiger partial charge in [-0.3, -0.25) is 0 Å². The van der Waals surface area contributed by atoms with E-state index in [9.17, 15) is 10.2 Å². The first-order valence-corrected chi connectivity index (χ1v) is 7.66. The van der Waals surface area contributed by atoms with Gasteiger partial charge in [0.2, 0.25) is 0 Å². The molecule has 0 saturated carbocycles. The Morgan fingerprint density at radius 2 is 1.71 bits per heavy atom. The quantitative estimate of drug-likeness (QED) is 0.851. The predicted molar refractivity (Wildman–Crippen MR) is 84.9 cm³/mol. The Balaban J connectivity index is 2.07. The minimum absolute atomic E-state index is 0.0758. The van der Waals surface area contributed by atoms with Crippen LogP contribution in [0.25, 0.3) is 0 Å². The highest BCUT2D eigenvalue weighted by molar-refractivity contribution is 5.45. The molecule has 0 fully saturated rings. The molecule has 2 nitrogen and oxygen atoms in total. The van der Waals surface area contributed by atoms with Crippen LogP contribution in [-0.4, -0.2) is 10.2 Å². The summed E-state index contributed by atoms with van der Waals surface area (Å²) in [4.78, 5) is 0. The lowest BCUT2D eigenvalue weighted by atomic mass is 9.61. The summed E-state index contributed by atoms with van der Waals surface area (Å²) in [5.41, 5.74) is 3.99. The zero-order valence-corrected chi connectivity index (χ0v) is 12.6. The maximum Gasteiger partial charge on any atom is 0.115 e. The minimum Gasteiger partial charge on any atom is -0.508 e. The lowest BCUT2D eigenvalue weighted by Gasteiger charge is -2.43. The normalized spacial score (nSPS) is 24.6. The Bertz CT molecular complexity index is 645. The van der Waals surface area contributed by atoms with Gasteiger partial charge in [0.1, 0.15) is 11.5 Å². The maximum atomic E-state index is 9.70. The monoisotopic (exact) mass is 282 g/mol. The molecule has 0 aliphatic heterocycles. The second-order valence-electron chi connectivity index (χ2n) is 6.31. The summed E-state index contributed by atoms with van der Waals surface area (Å²) in [6.07, 6.45) is 3.11. The van der Waals surface area contributed by atoms with E-state index in [4.69, 9.17) is 0 Å². The Morgan fingerprint density at radius 1 is 1.05 bits per heavy atom. The molecule has 0 amide bonds.